The SMILES string of the molecule is CCN(Cc1ccccc1)c1ccnc(NCc2ccc(F)cc2)n1. The van der Waals surface area contributed by atoms with Crippen molar-refractivity contribution in [3.05, 3.63) is 83.8 Å². The van der Waals surface area contributed by atoms with Crippen molar-refractivity contribution >= 4 is 11.8 Å². The maximum Gasteiger partial charge on any atom is 0.224 e. The first-order valence-electron chi connectivity index (χ1n) is 8.35. The highest BCUT2D eigenvalue weighted by molar-refractivity contribution is 5.43. The lowest BCUT2D eigenvalue weighted by Crippen LogP contribution is -2.23. The molecule has 1 aromatic heterocycles. The quantitative estimate of drug-likeness (QED) is 0.700. The van der Waals surface area contributed by atoms with E-state index >= 15 is 0 Å². The molecular weight excluding hydrogens is 315 g/mol. The van der Waals surface area contributed by atoms with E-state index < -0.39 is 0 Å². The van der Waals surface area contributed by atoms with E-state index in [9.17, 15) is 4.39 Å². The van der Waals surface area contributed by atoms with Crippen molar-refractivity contribution in [2.45, 2.75) is 20.0 Å². The second kappa shape index (κ2) is 8.24. The summed E-state index contributed by atoms with van der Waals surface area (Å²) in [5.41, 5.74) is 2.22. The molecule has 4 nitrogen and oxygen atoms in total. The summed E-state index contributed by atoms with van der Waals surface area (Å²) in [6.07, 6.45) is 1.75. The summed E-state index contributed by atoms with van der Waals surface area (Å²) in [6, 6.07) is 18.6. The third-order valence-corrected chi connectivity index (χ3v) is 3.93. The van der Waals surface area contributed by atoms with Gasteiger partial charge in [-0.2, -0.15) is 4.98 Å². The van der Waals surface area contributed by atoms with Gasteiger partial charge in [0, 0.05) is 25.8 Å². The minimum absolute atomic E-state index is 0.235. The number of rotatable bonds is 7. The van der Waals surface area contributed by atoms with Gasteiger partial charge >= 0.3 is 0 Å². The molecule has 3 aromatic rings. The number of aromatic nitrogens is 2. The number of nitrogens with one attached hydrogen (secondary N) is 1. The van der Waals surface area contributed by atoms with E-state index in [4.69, 9.17) is 0 Å². The third kappa shape index (κ3) is 4.76. The Labute approximate surface area is 147 Å². The first-order chi connectivity index (χ1) is 12.2. The zero-order valence-electron chi connectivity index (χ0n) is 14.2. The Balaban J connectivity index is 1.68. The molecule has 3 rings (SSSR count). The molecule has 128 valence electrons. The van der Waals surface area contributed by atoms with Crippen molar-refractivity contribution in [3.8, 4) is 0 Å². The molecule has 0 unspecified atom stereocenters. The van der Waals surface area contributed by atoms with Crippen LogP contribution in [0.15, 0.2) is 66.9 Å². The van der Waals surface area contributed by atoms with Crippen LogP contribution in [0.2, 0.25) is 0 Å². The maximum absolute atomic E-state index is 13.0. The highest BCUT2D eigenvalue weighted by Crippen LogP contribution is 2.16. The summed E-state index contributed by atoms with van der Waals surface area (Å²) in [6.45, 7) is 4.31. The summed E-state index contributed by atoms with van der Waals surface area (Å²) in [5.74, 6) is 1.21. The second-order valence-electron chi connectivity index (χ2n) is 5.72. The zero-order valence-corrected chi connectivity index (χ0v) is 14.2. The number of hydrogen-bond acceptors (Lipinski definition) is 4. The average molecular weight is 336 g/mol. The van der Waals surface area contributed by atoms with Gasteiger partial charge in [0.15, 0.2) is 0 Å². The van der Waals surface area contributed by atoms with Gasteiger partial charge in [-0.15, -0.1) is 0 Å². The number of nitrogens with zero attached hydrogens (tertiary/aromatic N) is 3. The first kappa shape index (κ1) is 16.9. The molecule has 2 aromatic carbocycles. The van der Waals surface area contributed by atoms with Gasteiger partial charge in [-0.3, -0.25) is 0 Å². The molecule has 0 saturated heterocycles. The summed E-state index contributed by atoms with van der Waals surface area (Å²) in [7, 11) is 0. The van der Waals surface area contributed by atoms with E-state index in [0.717, 1.165) is 24.5 Å². The van der Waals surface area contributed by atoms with Gasteiger partial charge in [0.2, 0.25) is 5.95 Å². The average Bonchev–Trinajstić information content (AvgIpc) is 2.67. The van der Waals surface area contributed by atoms with Crippen LogP contribution >= 0.6 is 0 Å². The van der Waals surface area contributed by atoms with Crippen LogP contribution in [-0.2, 0) is 13.1 Å². The molecule has 0 amide bonds. The highest BCUT2D eigenvalue weighted by Gasteiger charge is 2.08. The molecule has 0 aliphatic heterocycles. The molecule has 0 aliphatic carbocycles. The summed E-state index contributed by atoms with van der Waals surface area (Å²) in [5, 5.41) is 3.19. The molecule has 25 heavy (non-hydrogen) atoms. The van der Waals surface area contributed by atoms with Crippen molar-refractivity contribution in [1.29, 1.82) is 0 Å². The standard InChI is InChI=1S/C20H21FN4/c1-2-25(15-17-6-4-3-5-7-17)19-12-13-22-20(24-19)23-14-16-8-10-18(21)11-9-16/h3-13H,2,14-15H2,1H3,(H,22,23,24). The predicted octanol–water partition coefficient (Wildman–Crippen LogP) is 4.25. The Morgan fingerprint density at radius 2 is 1.72 bits per heavy atom. The van der Waals surface area contributed by atoms with E-state index in [1.54, 1.807) is 18.3 Å². The van der Waals surface area contributed by atoms with Crippen molar-refractivity contribution in [1.82, 2.24) is 9.97 Å². The Morgan fingerprint density at radius 1 is 0.960 bits per heavy atom. The summed E-state index contributed by atoms with van der Waals surface area (Å²) >= 11 is 0. The molecule has 1 heterocycles. The third-order valence-electron chi connectivity index (χ3n) is 3.93. The Hall–Kier alpha value is -2.95. The molecule has 0 radical (unpaired) electrons. The largest absolute Gasteiger partial charge is 0.352 e. The molecule has 0 spiro atoms. The van der Waals surface area contributed by atoms with Crippen LogP contribution in [-0.4, -0.2) is 16.5 Å². The Bertz CT molecular complexity index is 790. The molecular formula is C20H21FN4. The molecule has 0 bridgehead atoms. The number of halogens is 1. The van der Waals surface area contributed by atoms with Crippen molar-refractivity contribution in [2.24, 2.45) is 0 Å². The van der Waals surface area contributed by atoms with Crippen LogP contribution < -0.4 is 10.2 Å². The van der Waals surface area contributed by atoms with E-state index in [2.05, 4.69) is 39.2 Å². The van der Waals surface area contributed by atoms with Crippen molar-refractivity contribution in [3.63, 3.8) is 0 Å². The van der Waals surface area contributed by atoms with Crippen molar-refractivity contribution in [2.75, 3.05) is 16.8 Å². The van der Waals surface area contributed by atoms with Gasteiger partial charge < -0.3 is 10.2 Å². The van der Waals surface area contributed by atoms with E-state index in [0.29, 0.717) is 12.5 Å². The monoisotopic (exact) mass is 336 g/mol. The summed E-state index contributed by atoms with van der Waals surface area (Å²) < 4.78 is 13.0. The lowest BCUT2D eigenvalue weighted by atomic mass is 10.2. The fraction of sp³-hybridized carbons (Fsp3) is 0.200. The minimum atomic E-state index is -0.235. The lowest BCUT2D eigenvalue weighted by Gasteiger charge is -2.22. The zero-order chi connectivity index (χ0) is 17.5. The molecule has 0 atom stereocenters. The normalized spacial score (nSPS) is 10.5. The van der Waals surface area contributed by atoms with Gasteiger partial charge in [-0.1, -0.05) is 42.5 Å². The minimum Gasteiger partial charge on any atom is -0.352 e. The van der Waals surface area contributed by atoms with Crippen LogP contribution in [0.1, 0.15) is 18.1 Å². The second-order valence-corrected chi connectivity index (χ2v) is 5.72. The van der Waals surface area contributed by atoms with Crippen LogP contribution in [0.4, 0.5) is 16.2 Å². The fourth-order valence-corrected chi connectivity index (χ4v) is 2.55. The lowest BCUT2D eigenvalue weighted by molar-refractivity contribution is 0.627. The number of benzene rings is 2. The van der Waals surface area contributed by atoms with Gasteiger partial charge in [0.05, 0.1) is 0 Å². The van der Waals surface area contributed by atoms with Crippen LogP contribution in [0.3, 0.4) is 0 Å². The number of hydrogen-bond donors (Lipinski definition) is 1. The molecule has 0 aliphatic rings. The van der Waals surface area contributed by atoms with Gasteiger partial charge in [-0.05, 0) is 36.2 Å². The first-order valence-corrected chi connectivity index (χ1v) is 8.35. The smallest absolute Gasteiger partial charge is 0.224 e. The maximum atomic E-state index is 13.0. The highest BCUT2D eigenvalue weighted by atomic mass is 19.1. The molecule has 5 heteroatoms. The fourth-order valence-electron chi connectivity index (χ4n) is 2.55. The topological polar surface area (TPSA) is 41.1 Å². The van der Waals surface area contributed by atoms with Crippen LogP contribution in [0.5, 0.6) is 0 Å². The van der Waals surface area contributed by atoms with E-state index in [1.165, 1.54) is 17.7 Å². The van der Waals surface area contributed by atoms with Gasteiger partial charge in [0.1, 0.15) is 11.6 Å². The Morgan fingerprint density at radius 3 is 2.44 bits per heavy atom. The number of anilines is 2. The van der Waals surface area contributed by atoms with Gasteiger partial charge in [0.25, 0.3) is 0 Å². The molecule has 0 saturated carbocycles. The van der Waals surface area contributed by atoms with Crippen LogP contribution in [0.25, 0.3) is 0 Å². The van der Waals surface area contributed by atoms with Gasteiger partial charge in [-0.25, -0.2) is 9.37 Å². The molecule has 0 fully saturated rings. The van der Waals surface area contributed by atoms with Crippen LogP contribution in [0, 0.1) is 5.82 Å². The van der Waals surface area contributed by atoms with Crippen molar-refractivity contribution < 1.29 is 4.39 Å². The predicted molar refractivity (Wildman–Crippen MR) is 98.9 cm³/mol. The van der Waals surface area contributed by atoms with E-state index in [1.807, 2.05) is 24.3 Å². The molecule has 1 N–H and O–H groups in total. The van der Waals surface area contributed by atoms with E-state index in [-0.39, 0.29) is 5.82 Å². The summed E-state index contributed by atoms with van der Waals surface area (Å²) in [4.78, 5) is 11.1. The Kier molecular flexibility index (Phi) is 5.57.